The minimum absolute atomic E-state index is 0.0982. The molecule has 0 saturated heterocycles. The van der Waals surface area contributed by atoms with Crippen molar-refractivity contribution in [2.75, 3.05) is 11.9 Å². The molecular weight excluding hydrogens is 454 g/mol. The van der Waals surface area contributed by atoms with E-state index in [-0.39, 0.29) is 16.1 Å². The molecule has 0 bridgehead atoms. The number of sulfonamides is 1. The molecular formula is C25H21N3O5S. The van der Waals surface area contributed by atoms with Gasteiger partial charge in [0, 0.05) is 16.6 Å². The Balaban J connectivity index is 1.53. The molecule has 3 aromatic carbocycles. The van der Waals surface area contributed by atoms with Crippen molar-refractivity contribution in [3.8, 4) is 11.3 Å². The second-order valence-corrected chi connectivity index (χ2v) is 9.12. The van der Waals surface area contributed by atoms with Gasteiger partial charge in [0.25, 0.3) is 5.91 Å². The van der Waals surface area contributed by atoms with E-state index in [0.717, 1.165) is 5.56 Å². The molecule has 9 heteroatoms. The highest BCUT2D eigenvalue weighted by atomic mass is 32.2. The van der Waals surface area contributed by atoms with Crippen LogP contribution in [0.15, 0.2) is 83.8 Å². The molecule has 0 aliphatic heterocycles. The van der Waals surface area contributed by atoms with Crippen LogP contribution < -0.4 is 10.5 Å². The molecule has 34 heavy (non-hydrogen) atoms. The molecule has 4 aromatic rings. The quantitative estimate of drug-likeness (QED) is 0.410. The van der Waals surface area contributed by atoms with E-state index >= 15 is 0 Å². The molecule has 0 radical (unpaired) electrons. The standard InChI is InChI=1S/C25H21N3O5S/c1-16-11-12-18(13-23(16)34(26,31)32)27-24(29)15-33-25(30)20-14-22(17-7-3-2-4-8-17)28-21-10-6-5-9-19(20)21/h2-14H,15H2,1H3,(H,27,29)(H2,26,31,32). The maximum atomic E-state index is 12.9. The van der Waals surface area contributed by atoms with Crippen LogP contribution >= 0.6 is 0 Å². The van der Waals surface area contributed by atoms with Crippen molar-refractivity contribution in [3.05, 3.63) is 90.0 Å². The lowest BCUT2D eigenvalue weighted by atomic mass is 10.0. The molecule has 0 fully saturated rings. The van der Waals surface area contributed by atoms with Crippen LogP contribution in [0.3, 0.4) is 0 Å². The summed E-state index contributed by atoms with van der Waals surface area (Å²) in [5.74, 6) is -1.31. The summed E-state index contributed by atoms with van der Waals surface area (Å²) >= 11 is 0. The zero-order chi connectivity index (χ0) is 24.3. The fraction of sp³-hybridized carbons (Fsp3) is 0.0800. The van der Waals surface area contributed by atoms with Crippen LogP contribution in [0.4, 0.5) is 5.69 Å². The Morgan fingerprint density at radius 2 is 1.68 bits per heavy atom. The van der Waals surface area contributed by atoms with Gasteiger partial charge in [-0.25, -0.2) is 23.3 Å². The molecule has 172 valence electrons. The van der Waals surface area contributed by atoms with E-state index < -0.39 is 28.5 Å². The number of benzene rings is 3. The van der Waals surface area contributed by atoms with Gasteiger partial charge >= 0.3 is 5.97 Å². The van der Waals surface area contributed by atoms with Gasteiger partial charge in [-0.1, -0.05) is 54.6 Å². The molecule has 0 spiro atoms. The molecule has 1 aromatic heterocycles. The van der Waals surface area contributed by atoms with E-state index in [0.29, 0.717) is 22.2 Å². The van der Waals surface area contributed by atoms with Crippen LogP contribution in [-0.2, 0) is 19.6 Å². The SMILES string of the molecule is Cc1ccc(NC(=O)COC(=O)c2cc(-c3ccccc3)nc3ccccc23)cc1S(N)(=O)=O. The molecule has 0 atom stereocenters. The summed E-state index contributed by atoms with van der Waals surface area (Å²) in [5, 5.41) is 8.32. The predicted octanol–water partition coefficient (Wildman–Crippen LogP) is 3.65. The molecule has 0 aliphatic carbocycles. The number of primary sulfonamides is 1. The minimum atomic E-state index is -3.94. The second-order valence-electron chi connectivity index (χ2n) is 7.59. The number of hydrogen-bond donors (Lipinski definition) is 2. The van der Waals surface area contributed by atoms with Crippen molar-refractivity contribution in [1.82, 2.24) is 4.98 Å². The molecule has 0 saturated carbocycles. The Labute approximate surface area is 196 Å². The fourth-order valence-corrected chi connectivity index (χ4v) is 4.30. The van der Waals surface area contributed by atoms with Gasteiger partial charge in [-0.05, 0) is 36.8 Å². The van der Waals surface area contributed by atoms with Crippen molar-refractivity contribution >= 4 is 38.5 Å². The molecule has 4 rings (SSSR count). The number of aryl methyl sites for hydroxylation is 1. The second kappa shape index (κ2) is 9.42. The van der Waals surface area contributed by atoms with Gasteiger partial charge in [-0.3, -0.25) is 4.79 Å². The minimum Gasteiger partial charge on any atom is -0.452 e. The van der Waals surface area contributed by atoms with Gasteiger partial charge in [-0.15, -0.1) is 0 Å². The number of hydrogen-bond acceptors (Lipinski definition) is 6. The lowest BCUT2D eigenvalue weighted by Crippen LogP contribution is -2.21. The van der Waals surface area contributed by atoms with Gasteiger partial charge in [0.1, 0.15) is 0 Å². The Hall–Kier alpha value is -4.08. The Morgan fingerprint density at radius 3 is 2.41 bits per heavy atom. The number of nitrogens with one attached hydrogen (secondary N) is 1. The number of fused-ring (bicyclic) bond motifs is 1. The van der Waals surface area contributed by atoms with Crippen molar-refractivity contribution in [3.63, 3.8) is 0 Å². The summed E-state index contributed by atoms with van der Waals surface area (Å²) in [4.78, 5) is 29.8. The highest BCUT2D eigenvalue weighted by Crippen LogP contribution is 2.25. The van der Waals surface area contributed by atoms with E-state index in [4.69, 9.17) is 9.88 Å². The van der Waals surface area contributed by atoms with Gasteiger partial charge in [-0.2, -0.15) is 0 Å². The lowest BCUT2D eigenvalue weighted by molar-refractivity contribution is -0.119. The molecule has 1 heterocycles. The molecule has 3 N–H and O–H groups in total. The van der Waals surface area contributed by atoms with Crippen LogP contribution in [0.1, 0.15) is 15.9 Å². The smallest absolute Gasteiger partial charge is 0.339 e. The number of nitrogens with two attached hydrogens (primary N) is 1. The third-order valence-corrected chi connectivity index (χ3v) is 6.17. The van der Waals surface area contributed by atoms with Crippen molar-refractivity contribution in [1.29, 1.82) is 0 Å². The van der Waals surface area contributed by atoms with E-state index in [1.165, 1.54) is 18.2 Å². The van der Waals surface area contributed by atoms with Crippen molar-refractivity contribution in [2.45, 2.75) is 11.8 Å². The largest absolute Gasteiger partial charge is 0.452 e. The summed E-state index contributed by atoms with van der Waals surface area (Å²) in [5.41, 5.74) is 3.01. The van der Waals surface area contributed by atoms with E-state index in [2.05, 4.69) is 10.3 Å². The number of ether oxygens (including phenoxy) is 1. The van der Waals surface area contributed by atoms with Crippen LogP contribution in [0, 0.1) is 6.92 Å². The number of aromatic nitrogens is 1. The Kier molecular flexibility index (Phi) is 6.40. The number of amides is 1. The molecule has 0 unspecified atom stereocenters. The summed E-state index contributed by atoms with van der Waals surface area (Å²) in [7, 11) is -3.94. The van der Waals surface area contributed by atoms with E-state index in [9.17, 15) is 18.0 Å². The average molecular weight is 476 g/mol. The Bertz CT molecular complexity index is 1500. The first kappa shape index (κ1) is 23.1. The normalized spacial score (nSPS) is 11.2. The zero-order valence-electron chi connectivity index (χ0n) is 18.2. The van der Waals surface area contributed by atoms with Gasteiger partial charge < -0.3 is 10.1 Å². The first-order chi connectivity index (χ1) is 16.2. The van der Waals surface area contributed by atoms with E-state index in [1.807, 2.05) is 36.4 Å². The van der Waals surface area contributed by atoms with Crippen molar-refractivity contribution < 1.29 is 22.7 Å². The maximum absolute atomic E-state index is 12.9. The summed E-state index contributed by atoms with van der Waals surface area (Å²) < 4.78 is 28.6. The highest BCUT2D eigenvalue weighted by molar-refractivity contribution is 7.89. The highest BCUT2D eigenvalue weighted by Gasteiger charge is 2.17. The van der Waals surface area contributed by atoms with Gasteiger partial charge in [0.15, 0.2) is 6.61 Å². The number of para-hydroxylation sites is 1. The molecule has 0 aliphatic rings. The summed E-state index contributed by atoms with van der Waals surface area (Å²) in [6.07, 6.45) is 0. The number of carbonyl (C=O) groups excluding carboxylic acids is 2. The van der Waals surface area contributed by atoms with Gasteiger partial charge in [0.2, 0.25) is 10.0 Å². The summed E-state index contributed by atoms with van der Waals surface area (Å²) in [6, 6.07) is 22.5. The van der Waals surface area contributed by atoms with Crippen LogP contribution in [-0.4, -0.2) is 31.9 Å². The maximum Gasteiger partial charge on any atom is 0.339 e. The van der Waals surface area contributed by atoms with E-state index in [1.54, 1.807) is 31.2 Å². The fourth-order valence-electron chi connectivity index (χ4n) is 3.49. The third kappa shape index (κ3) is 5.11. The first-order valence-corrected chi connectivity index (χ1v) is 11.8. The first-order valence-electron chi connectivity index (χ1n) is 10.3. The number of rotatable bonds is 6. The third-order valence-electron chi connectivity index (χ3n) is 5.12. The summed E-state index contributed by atoms with van der Waals surface area (Å²) in [6.45, 7) is 1.03. The predicted molar refractivity (Wildman–Crippen MR) is 129 cm³/mol. The number of pyridine rings is 1. The topological polar surface area (TPSA) is 128 Å². The number of carbonyl (C=O) groups is 2. The molecule has 8 nitrogen and oxygen atoms in total. The Morgan fingerprint density at radius 1 is 0.971 bits per heavy atom. The number of nitrogens with zero attached hydrogens (tertiary/aromatic N) is 1. The number of esters is 1. The lowest BCUT2D eigenvalue weighted by Gasteiger charge is -2.11. The number of anilines is 1. The van der Waals surface area contributed by atoms with Gasteiger partial charge in [0.05, 0.1) is 21.7 Å². The van der Waals surface area contributed by atoms with Crippen LogP contribution in [0.25, 0.3) is 22.2 Å². The van der Waals surface area contributed by atoms with Crippen LogP contribution in [0.2, 0.25) is 0 Å². The zero-order valence-corrected chi connectivity index (χ0v) is 19.0. The average Bonchev–Trinajstić information content (AvgIpc) is 2.83. The van der Waals surface area contributed by atoms with Crippen molar-refractivity contribution in [2.24, 2.45) is 5.14 Å². The molecule has 1 amide bonds. The van der Waals surface area contributed by atoms with Crippen LogP contribution in [0.5, 0.6) is 0 Å². The monoisotopic (exact) mass is 475 g/mol.